The molecule has 128 valence electrons. The molecule has 1 fully saturated rings. The van der Waals surface area contributed by atoms with Crippen LogP contribution in [0.5, 0.6) is 0 Å². The molecule has 1 heterocycles. The third-order valence-electron chi connectivity index (χ3n) is 4.53. The first kappa shape index (κ1) is 17.7. The van der Waals surface area contributed by atoms with Crippen LogP contribution in [0.1, 0.15) is 44.7 Å². The van der Waals surface area contributed by atoms with Gasteiger partial charge in [-0.2, -0.15) is 0 Å². The molecular weight excluding hydrogens is 293 g/mol. The highest BCUT2D eigenvalue weighted by atomic mass is 19.1. The van der Waals surface area contributed by atoms with Gasteiger partial charge < -0.3 is 15.5 Å². The number of carbonyl (C=O) groups is 1. The van der Waals surface area contributed by atoms with E-state index in [1.807, 2.05) is 6.92 Å². The number of amides is 2. The molecule has 1 aliphatic heterocycles. The molecule has 0 spiro atoms. The normalized spacial score (nSPS) is 17.7. The van der Waals surface area contributed by atoms with E-state index >= 15 is 0 Å². The molecular formula is C18H28FN3O. The van der Waals surface area contributed by atoms with E-state index < -0.39 is 0 Å². The SMILES string of the molecule is CC1CCN(CCCNC(=O)NC(C)c2ccc(F)cc2)CC1. The lowest BCUT2D eigenvalue weighted by Gasteiger charge is -2.30. The summed E-state index contributed by atoms with van der Waals surface area (Å²) in [5.74, 6) is 0.584. The van der Waals surface area contributed by atoms with Crippen LogP contribution >= 0.6 is 0 Å². The number of rotatable bonds is 6. The number of nitrogens with one attached hydrogen (secondary N) is 2. The maximum atomic E-state index is 12.9. The van der Waals surface area contributed by atoms with Gasteiger partial charge in [0.25, 0.3) is 0 Å². The molecule has 1 atom stereocenters. The second kappa shape index (κ2) is 8.87. The molecule has 4 nitrogen and oxygen atoms in total. The molecule has 2 N–H and O–H groups in total. The van der Waals surface area contributed by atoms with Crippen molar-refractivity contribution in [1.29, 1.82) is 0 Å². The van der Waals surface area contributed by atoms with Gasteiger partial charge in [0.15, 0.2) is 0 Å². The van der Waals surface area contributed by atoms with Crippen molar-refractivity contribution in [3.05, 3.63) is 35.6 Å². The zero-order valence-corrected chi connectivity index (χ0v) is 14.1. The third-order valence-corrected chi connectivity index (χ3v) is 4.53. The van der Waals surface area contributed by atoms with Gasteiger partial charge in [-0.3, -0.25) is 0 Å². The van der Waals surface area contributed by atoms with Crippen LogP contribution in [0.15, 0.2) is 24.3 Å². The van der Waals surface area contributed by atoms with E-state index in [-0.39, 0.29) is 17.9 Å². The highest BCUT2D eigenvalue weighted by Crippen LogP contribution is 2.15. The second-order valence-electron chi connectivity index (χ2n) is 6.55. The van der Waals surface area contributed by atoms with Crippen molar-refractivity contribution in [2.45, 2.75) is 39.2 Å². The molecule has 1 unspecified atom stereocenters. The van der Waals surface area contributed by atoms with Crippen LogP contribution in [0.2, 0.25) is 0 Å². The predicted octanol–water partition coefficient (Wildman–Crippen LogP) is 3.31. The Balaban J connectivity index is 1.60. The lowest BCUT2D eigenvalue weighted by molar-refractivity contribution is 0.190. The summed E-state index contributed by atoms with van der Waals surface area (Å²) in [6.45, 7) is 8.27. The van der Waals surface area contributed by atoms with Crippen molar-refractivity contribution in [3.8, 4) is 0 Å². The molecule has 1 saturated heterocycles. The summed E-state index contributed by atoms with van der Waals surface area (Å²) in [6.07, 6.45) is 3.53. The Morgan fingerprint density at radius 2 is 1.96 bits per heavy atom. The minimum atomic E-state index is -0.266. The number of piperidine rings is 1. The molecule has 0 bridgehead atoms. The van der Waals surface area contributed by atoms with E-state index in [9.17, 15) is 9.18 Å². The van der Waals surface area contributed by atoms with Crippen molar-refractivity contribution in [3.63, 3.8) is 0 Å². The van der Waals surface area contributed by atoms with Crippen molar-refractivity contribution in [2.24, 2.45) is 5.92 Å². The standard InChI is InChI=1S/C18H28FN3O/c1-14-8-12-22(13-9-14)11-3-10-20-18(23)21-15(2)16-4-6-17(19)7-5-16/h4-7,14-15H,3,8-13H2,1-2H3,(H2,20,21,23). The lowest BCUT2D eigenvalue weighted by atomic mass is 9.99. The Morgan fingerprint density at radius 1 is 1.30 bits per heavy atom. The number of halogens is 1. The largest absolute Gasteiger partial charge is 0.338 e. The van der Waals surface area contributed by atoms with Crippen molar-refractivity contribution in [1.82, 2.24) is 15.5 Å². The minimum Gasteiger partial charge on any atom is -0.338 e. The maximum Gasteiger partial charge on any atom is 0.315 e. The second-order valence-corrected chi connectivity index (χ2v) is 6.55. The van der Waals surface area contributed by atoms with E-state index in [1.165, 1.54) is 38.1 Å². The Kier molecular flexibility index (Phi) is 6.84. The van der Waals surface area contributed by atoms with Crippen molar-refractivity contribution in [2.75, 3.05) is 26.2 Å². The summed E-state index contributed by atoms with van der Waals surface area (Å²) in [5, 5.41) is 5.77. The van der Waals surface area contributed by atoms with Crippen LogP contribution in [0.3, 0.4) is 0 Å². The first-order valence-electron chi connectivity index (χ1n) is 8.57. The highest BCUT2D eigenvalue weighted by molar-refractivity contribution is 5.74. The summed E-state index contributed by atoms with van der Waals surface area (Å²) < 4.78 is 12.9. The molecule has 0 aliphatic carbocycles. The fraction of sp³-hybridized carbons (Fsp3) is 0.611. The van der Waals surface area contributed by atoms with Gasteiger partial charge in [-0.1, -0.05) is 19.1 Å². The van der Waals surface area contributed by atoms with E-state index in [1.54, 1.807) is 12.1 Å². The highest BCUT2D eigenvalue weighted by Gasteiger charge is 2.15. The molecule has 23 heavy (non-hydrogen) atoms. The number of carbonyl (C=O) groups excluding carboxylic acids is 1. The van der Waals surface area contributed by atoms with Gasteiger partial charge in [0, 0.05) is 6.54 Å². The van der Waals surface area contributed by atoms with E-state index in [0.717, 1.165) is 24.4 Å². The Bertz CT molecular complexity index is 484. The van der Waals surface area contributed by atoms with Crippen LogP contribution in [0.25, 0.3) is 0 Å². The van der Waals surface area contributed by atoms with Gasteiger partial charge in [-0.15, -0.1) is 0 Å². The van der Waals surface area contributed by atoms with Crippen LogP contribution in [0.4, 0.5) is 9.18 Å². The molecule has 1 aromatic carbocycles. The first-order chi connectivity index (χ1) is 11.0. The van der Waals surface area contributed by atoms with Gasteiger partial charge in [-0.05, 0) is 69.4 Å². The quantitative estimate of drug-likeness (QED) is 0.790. The molecule has 1 aromatic rings. The Hall–Kier alpha value is -1.62. The average molecular weight is 321 g/mol. The van der Waals surface area contributed by atoms with Gasteiger partial charge in [0.1, 0.15) is 5.82 Å². The number of hydrogen-bond acceptors (Lipinski definition) is 2. The molecule has 5 heteroatoms. The molecule has 2 amide bonds. The predicted molar refractivity (Wildman–Crippen MR) is 90.8 cm³/mol. The fourth-order valence-corrected chi connectivity index (χ4v) is 2.87. The zero-order valence-electron chi connectivity index (χ0n) is 14.1. The smallest absolute Gasteiger partial charge is 0.315 e. The lowest BCUT2D eigenvalue weighted by Crippen LogP contribution is -2.39. The third kappa shape index (κ3) is 6.18. The van der Waals surface area contributed by atoms with Crippen molar-refractivity contribution < 1.29 is 9.18 Å². The zero-order chi connectivity index (χ0) is 16.7. The fourth-order valence-electron chi connectivity index (χ4n) is 2.87. The number of urea groups is 1. The maximum absolute atomic E-state index is 12.9. The van der Waals surface area contributed by atoms with Crippen LogP contribution in [-0.2, 0) is 0 Å². The van der Waals surface area contributed by atoms with Crippen LogP contribution in [0, 0.1) is 11.7 Å². The van der Waals surface area contributed by atoms with E-state index in [2.05, 4.69) is 22.5 Å². The number of hydrogen-bond donors (Lipinski definition) is 2. The van der Waals surface area contributed by atoms with Gasteiger partial charge in [-0.25, -0.2) is 9.18 Å². The van der Waals surface area contributed by atoms with Crippen molar-refractivity contribution >= 4 is 6.03 Å². The number of nitrogens with zero attached hydrogens (tertiary/aromatic N) is 1. The summed E-state index contributed by atoms with van der Waals surface area (Å²) in [6, 6.07) is 5.89. The summed E-state index contributed by atoms with van der Waals surface area (Å²) in [4.78, 5) is 14.4. The van der Waals surface area contributed by atoms with Crippen LogP contribution in [-0.4, -0.2) is 37.1 Å². The van der Waals surface area contributed by atoms with Crippen LogP contribution < -0.4 is 10.6 Å². The molecule has 2 rings (SSSR count). The van der Waals surface area contributed by atoms with Gasteiger partial charge in [0.2, 0.25) is 0 Å². The first-order valence-corrected chi connectivity index (χ1v) is 8.57. The number of likely N-dealkylation sites (tertiary alicyclic amines) is 1. The molecule has 0 radical (unpaired) electrons. The molecule has 1 aliphatic rings. The van der Waals surface area contributed by atoms with E-state index in [0.29, 0.717) is 6.54 Å². The number of benzene rings is 1. The summed E-state index contributed by atoms with van der Waals surface area (Å²) >= 11 is 0. The van der Waals surface area contributed by atoms with Gasteiger partial charge >= 0.3 is 6.03 Å². The Labute approximate surface area is 138 Å². The Morgan fingerprint density at radius 3 is 2.61 bits per heavy atom. The monoisotopic (exact) mass is 321 g/mol. The molecule has 0 aromatic heterocycles. The summed E-state index contributed by atoms with van der Waals surface area (Å²) in [7, 11) is 0. The van der Waals surface area contributed by atoms with Gasteiger partial charge in [0.05, 0.1) is 6.04 Å². The average Bonchev–Trinajstić information content (AvgIpc) is 2.54. The topological polar surface area (TPSA) is 44.4 Å². The minimum absolute atomic E-state index is 0.140. The molecule has 0 saturated carbocycles. The van der Waals surface area contributed by atoms with E-state index in [4.69, 9.17) is 0 Å². The summed E-state index contributed by atoms with van der Waals surface area (Å²) in [5.41, 5.74) is 0.893.